The van der Waals surface area contributed by atoms with Crippen LogP contribution in [-0.2, 0) is 13.0 Å². The molecule has 0 radical (unpaired) electrons. The van der Waals surface area contributed by atoms with Gasteiger partial charge >= 0.3 is 6.01 Å². The monoisotopic (exact) mass is 233 g/mol. The largest absolute Gasteiger partial charge is 0.497 e. The average molecular weight is 233 g/mol. The minimum atomic E-state index is 0.456. The van der Waals surface area contributed by atoms with Crippen molar-refractivity contribution < 1.29 is 9.15 Å². The lowest BCUT2D eigenvalue weighted by Gasteiger charge is -2.03. The molecule has 0 spiro atoms. The van der Waals surface area contributed by atoms with Gasteiger partial charge in [0.15, 0.2) is 0 Å². The van der Waals surface area contributed by atoms with Crippen molar-refractivity contribution in [2.24, 2.45) is 0 Å². The Morgan fingerprint density at radius 1 is 1.24 bits per heavy atom. The topological polar surface area (TPSA) is 60.2 Å². The maximum absolute atomic E-state index is 5.34. The molecule has 5 heteroatoms. The predicted molar refractivity (Wildman–Crippen MR) is 64.0 cm³/mol. The Labute approximate surface area is 99.8 Å². The van der Waals surface area contributed by atoms with Crippen LogP contribution in [0.3, 0.4) is 0 Å². The lowest BCUT2D eigenvalue weighted by molar-refractivity contribution is 0.414. The molecule has 1 heterocycles. The molecule has 2 aromatic rings. The lowest BCUT2D eigenvalue weighted by Crippen LogP contribution is -1.99. The van der Waals surface area contributed by atoms with Crippen LogP contribution in [0.1, 0.15) is 18.4 Å². The van der Waals surface area contributed by atoms with Crippen LogP contribution in [-0.4, -0.2) is 17.3 Å². The number of hydrogen-bond donors (Lipinski definition) is 1. The summed E-state index contributed by atoms with van der Waals surface area (Å²) in [6, 6.07) is 8.27. The Morgan fingerprint density at radius 3 is 2.59 bits per heavy atom. The van der Waals surface area contributed by atoms with E-state index < -0.39 is 0 Å². The fourth-order valence-corrected chi connectivity index (χ4v) is 1.39. The summed E-state index contributed by atoms with van der Waals surface area (Å²) in [7, 11) is 1.65. The summed E-state index contributed by atoms with van der Waals surface area (Å²) in [5, 5.41) is 10.8. The third-order valence-electron chi connectivity index (χ3n) is 2.37. The van der Waals surface area contributed by atoms with Gasteiger partial charge in [-0.2, -0.15) is 0 Å². The van der Waals surface area contributed by atoms with Crippen molar-refractivity contribution in [2.75, 3.05) is 12.4 Å². The second kappa shape index (κ2) is 5.34. The van der Waals surface area contributed by atoms with Gasteiger partial charge in [0.05, 0.1) is 7.11 Å². The van der Waals surface area contributed by atoms with Crippen LogP contribution in [0.15, 0.2) is 28.7 Å². The predicted octanol–water partition coefficient (Wildman–Crippen LogP) is 2.25. The van der Waals surface area contributed by atoms with Crippen molar-refractivity contribution in [3.8, 4) is 5.75 Å². The van der Waals surface area contributed by atoms with Crippen LogP contribution in [0.2, 0.25) is 0 Å². The quantitative estimate of drug-likeness (QED) is 0.858. The van der Waals surface area contributed by atoms with Gasteiger partial charge in [-0.15, -0.1) is 5.10 Å². The summed E-state index contributed by atoms with van der Waals surface area (Å²) in [5.41, 5.74) is 1.13. The number of ether oxygens (including phenoxy) is 1. The van der Waals surface area contributed by atoms with Crippen molar-refractivity contribution in [3.63, 3.8) is 0 Å². The van der Waals surface area contributed by atoms with Gasteiger partial charge in [0.1, 0.15) is 5.75 Å². The average Bonchev–Trinajstić information content (AvgIpc) is 2.85. The zero-order chi connectivity index (χ0) is 12.1. The summed E-state index contributed by atoms with van der Waals surface area (Å²) in [6.45, 7) is 2.62. The molecule has 0 aliphatic heterocycles. The smallest absolute Gasteiger partial charge is 0.315 e. The van der Waals surface area contributed by atoms with Crippen LogP contribution >= 0.6 is 0 Å². The van der Waals surface area contributed by atoms with E-state index in [1.54, 1.807) is 7.11 Å². The molecule has 0 bridgehead atoms. The van der Waals surface area contributed by atoms with Crippen LogP contribution in [0.5, 0.6) is 5.75 Å². The van der Waals surface area contributed by atoms with Crippen LogP contribution in [0, 0.1) is 0 Å². The minimum Gasteiger partial charge on any atom is -0.497 e. The SMILES string of the molecule is CCc1nnc(NCc2ccc(OC)cc2)o1. The van der Waals surface area contributed by atoms with Gasteiger partial charge in [-0.3, -0.25) is 0 Å². The maximum atomic E-state index is 5.34. The molecule has 0 amide bonds. The molecule has 0 saturated carbocycles. The number of rotatable bonds is 5. The highest BCUT2D eigenvalue weighted by molar-refractivity contribution is 5.29. The first-order valence-corrected chi connectivity index (χ1v) is 5.51. The van der Waals surface area contributed by atoms with Gasteiger partial charge in [-0.25, -0.2) is 0 Å². The molecule has 0 fully saturated rings. The number of nitrogens with zero attached hydrogens (tertiary/aromatic N) is 2. The molecule has 2 rings (SSSR count). The van der Waals surface area contributed by atoms with Crippen molar-refractivity contribution >= 4 is 6.01 Å². The number of nitrogens with one attached hydrogen (secondary N) is 1. The van der Waals surface area contributed by atoms with E-state index in [0.29, 0.717) is 18.5 Å². The van der Waals surface area contributed by atoms with E-state index >= 15 is 0 Å². The van der Waals surface area contributed by atoms with Crippen LogP contribution in [0.25, 0.3) is 0 Å². The highest BCUT2D eigenvalue weighted by Crippen LogP contribution is 2.13. The Bertz CT molecular complexity index is 465. The zero-order valence-corrected chi connectivity index (χ0v) is 9.93. The highest BCUT2D eigenvalue weighted by atomic mass is 16.5. The molecular formula is C12H15N3O2. The molecule has 1 N–H and O–H groups in total. The minimum absolute atomic E-state index is 0.456. The number of methoxy groups -OCH3 is 1. The molecule has 0 atom stereocenters. The van der Waals surface area contributed by atoms with Crippen molar-refractivity contribution in [2.45, 2.75) is 19.9 Å². The zero-order valence-electron chi connectivity index (χ0n) is 9.93. The summed E-state index contributed by atoms with van der Waals surface area (Å²) in [4.78, 5) is 0. The van der Waals surface area contributed by atoms with Gasteiger partial charge < -0.3 is 14.5 Å². The molecular weight excluding hydrogens is 218 g/mol. The Hall–Kier alpha value is -2.04. The van der Waals surface area contributed by atoms with Gasteiger partial charge in [-0.1, -0.05) is 24.2 Å². The molecule has 0 aliphatic carbocycles. The standard InChI is InChI=1S/C12H15N3O2/c1-3-11-14-15-12(17-11)13-8-9-4-6-10(16-2)7-5-9/h4-7H,3,8H2,1-2H3,(H,13,15). The molecule has 90 valence electrons. The fourth-order valence-electron chi connectivity index (χ4n) is 1.39. The van der Waals surface area contributed by atoms with E-state index in [9.17, 15) is 0 Å². The molecule has 0 aliphatic rings. The Kier molecular flexibility index (Phi) is 3.59. The number of aromatic nitrogens is 2. The maximum Gasteiger partial charge on any atom is 0.315 e. The number of aryl methyl sites for hydroxylation is 1. The Balaban J connectivity index is 1.92. The van der Waals surface area contributed by atoms with Crippen molar-refractivity contribution in [1.29, 1.82) is 0 Å². The van der Waals surface area contributed by atoms with E-state index in [2.05, 4.69) is 15.5 Å². The van der Waals surface area contributed by atoms with Gasteiger partial charge in [0, 0.05) is 13.0 Å². The second-order valence-electron chi connectivity index (χ2n) is 3.56. The summed E-state index contributed by atoms with van der Waals surface area (Å²) in [5.74, 6) is 1.49. The second-order valence-corrected chi connectivity index (χ2v) is 3.56. The van der Waals surface area contributed by atoms with Crippen molar-refractivity contribution in [3.05, 3.63) is 35.7 Å². The third kappa shape index (κ3) is 2.96. The number of hydrogen-bond acceptors (Lipinski definition) is 5. The van der Waals surface area contributed by atoms with E-state index in [1.165, 1.54) is 0 Å². The Morgan fingerprint density at radius 2 is 2.00 bits per heavy atom. The van der Waals surface area contributed by atoms with Gasteiger partial charge in [-0.05, 0) is 17.7 Å². The van der Waals surface area contributed by atoms with Crippen LogP contribution in [0.4, 0.5) is 6.01 Å². The highest BCUT2D eigenvalue weighted by Gasteiger charge is 2.03. The van der Waals surface area contributed by atoms with E-state index in [-0.39, 0.29) is 0 Å². The third-order valence-corrected chi connectivity index (χ3v) is 2.37. The summed E-state index contributed by atoms with van der Waals surface area (Å²) >= 11 is 0. The molecule has 17 heavy (non-hydrogen) atoms. The van der Waals surface area contributed by atoms with Gasteiger partial charge in [0.25, 0.3) is 0 Å². The van der Waals surface area contributed by atoms with E-state index in [0.717, 1.165) is 17.7 Å². The van der Waals surface area contributed by atoms with E-state index in [4.69, 9.17) is 9.15 Å². The summed E-state index contributed by atoms with van der Waals surface area (Å²) < 4.78 is 10.4. The molecule has 5 nitrogen and oxygen atoms in total. The normalized spacial score (nSPS) is 10.2. The molecule has 1 aromatic carbocycles. The van der Waals surface area contributed by atoms with Crippen LogP contribution < -0.4 is 10.1 Å². The fraction of sp³-hybridized carbons (Fsp3) is 0.333. The summed E-state index contributed by atoms with van der Waals surface area (Å²) in [6.07, 6.45) is 0.747. The number of anilines is 1. The first kappa shape index (κ1) is 11.4. The molecule has 0 unspecified atom stereocenters. The lowest BCUT2D eigenvalue weighted by atomic mass is 10.2. The molecule has 1 aromatic heterocycles. The van der Waals surface area contributed by atoms with Crippen molar-refractivity contribution in [1.82, 2.24) is 10.2 Å². The van der Waals surface area contributed by atoms with Gasteiger partial charge in [0.2, 0.25) is 5.89 Å². The number of benzene rings is 1. The van der Waals surface area contributed by atoms with E-state index in [1.807, 2.05) is 31.2 Å². The molecule has 0 saturated heterocycles. The first-order chi connectivity index (χ1) is 8.31. The first-order valence-electron chi connectivity index (χ1n) is 5.51.